The molecule has 1 nitrogen and oxygen atoms in total. The molecule has 0 rings (SSSR count). The maximum absolute atomic E-state index is 10.7. The first kappa shape index (κ1) is 21.1. The minimum Gasteiger partial charge on any atom is -0.300 e. The van der Waals surface area contributed by atoms with Crippen LogP contribution in [0.5, 0.6) is 0 Å². The molecule has 0 heterocycles. The maximum Gasteiger partial charge on any atom is 0.133 e. The SMILES string of the molecule is CC/C=C\C/C=C\C/C=C\C/C=C\C/C=C\C/C=C\CC(C)=O. The first-order chi connectivity index (χ1) is 11.3. The number of rotatable bonds is 13. The van der Waals surface area contributed by atoms with Gasteiger partial charge in [0, 0.05) is 6.42 Å². The third kappa shape index (κ3) is 20.1. The summed E-state index contributed by atoms with van der Waals surface area (Å²) in [4.78, 5) is 10.7. The van der Waals surface area contributed by atoms with Crippen molar-refractivity contribution in [1.82, 2.24) is 0 Å². The highest BCUT2D eigenvalue weighted by Gasteiger charge is 1.83. The lowest BCUT2D eigenvalue weighted by Gasteiger charge is -1.86. The van der Waals surface area contributed by atoms with Crippen LogP contribution in [0.2, 0.25) is 0 Å². The molecule has 0 aromatic rings. The van der Waals surface area contributed by atoms with Crippen LogP contribution < -0.4 is 0 Å². The Morgan fingerprint density at radius 2 is 0.870 bits per heavy atom. The molecule has 0 radical (unpaired) electrons. The molecule has 0 aliphatic carbocycles. The summed E-state index contributed by atoms with van der Waals surface area (Å²) in [6.45, 7) is 3.76. The van der Waals surface area contributed by atoms with Gasteiger partial charge in [-0.2, -0.15) is 0 Å². The van der Waals surface area contributed by atoms with E-state index in [1.54, 1.807) is 6.92 Å². The Labute approximate surface area is 142 Å². The number of allylic oxidation sites excluding steroid dienone is 12. The van der Waals surface area contributed by atoms with E-state index in [9.17, 15) is 4.79 Å². The summed E-state index contributed by atoms with van der Waals surface area (Å²) in [5.41, 5.74) is 0. The number of carbonyl (C=O) groups is 1. The van der Waals surface area contributed by atoms with E-state index in [1.165, 1.54) is 0 Å². The highest BCUT2D eigenvalue weighted by atomic mass is 16.1. The molecular weight excluding hydrogens is 280 g/mol. The summed E-state index contributed by atoms with van der Waals surface area (Å²) in [5.74, 6) is 0.213. The molecule has 0 saturated heterocycles. The first-order valence-electron chi connectivity index (χ1n) is 8.66. The summed E-state index contributed by atoms with van der Waals surface area (Å²) < 4.78 is 0. The minimum atomic E-state index is 0.213. The molecular formula is C22H32O. The fourth-order valence-corrected chi connectivity index (χ4v) is 1.77. The summed E-state index contributed by atoms with van der Waals surface area (Å²) in [6.07, 6.45) is 32.5. The number of ketones is 1. The van der Waals surface area contributed by atoms with Crippen molar-refractivity contribution in [3.63, 3.8) is 0 Å². The number of hydrogen-bond acceptors (Lipinski definition) is 1. The van der Waals surface area contributed by atoms with Crippen molar-refractivity contribution in [3.05, 3.63) is 72.9 Å². The fraction of sp³-hybridized carbons (Fsp3) is 0.409. The summed E-state index contributed by atoms with van der Waals surface area (Å²) >= 11 is 0. The second-order valence-electron chi connectivity index (χ2n) is 5.32. The zero-order valence-electron chi connectivity index (χ0n) is 14.8. The molecule has 0 fully saturated rings. The molecule has 0 aliphatic heterocycles. The molecule has 23 heavy (non-hydrogen) atoms. The van der Waals surface area contributed by atoms with Gasteiger partial charge >= 0.3 is 0 Å². The van der Waals surface area contributed by atoms with Crippen LogP contribution in [0.15, 0.2) is 72.9 Å². The lowest BCUT2D eigenvalue weighted by atomic mass is 10.2. The molecule has 0 amide bonds. The van der Waals surface area contributed by atoms with Crippen molar-refractivity contribution >= 4 is 5.78 Å². The van der Waals surface area contributed by atoms with E-state index in [4.69, 9.17) is 0 Å². The summed E-state index contributed by atoms with van der Waals surface area (Å²) in [6, 6.07) is 0. The predicted molar refractivity (Wildman–Crippen MR) is 104 cm³/mol. The average molecular weight is 312 g/mol. The fourth-order valence-electron chi connectivity index (χ4n) is 1.77. The normalized spacial score (nSPS) is 13.1. The van der Waals surface area contributed by atoms with Crippen LogP contribution in [0.3, 0.4) is 0 Å². The van der Waals surface area contributed by atoms with Gasteiger partial charge in [0.2, 0.25) is 0 Å². The standard InChI is InChI=1S/C22H32O/c1-3-4-5-6-7-8-9-10-11-12-13-14-15-16-17-18-19-20-21-22(2)23/h4-5,7-8,10-11,13-14,16-17,19-20H,3,6,9,12,15,18,21H2,1-2H3/b5-4-,8-7-,11-10-,14-13-,17-16-,20-19-. The van der Waals surface area contributed by atoms with Gasteiger partial charge in [0.15, 0.2) is 0 Å². The Kier molecular flexibility index (Phi) is 16.7. The van der Waals surface area contributed by atoms with Crippen LogP contribution in [0, 0.1) is 0 Å². The Hall–Kier alpha value is -1.89. The molecule has 0 aromatic heterocycles. The monoisotopic (exact) mass is 312 g/mol. The van der Waals surface area contributed by atoms with Crippen molar-refractivity contribution in [1.29, 1.82) is 0 Å². The second kappa shape index (κ2) is 18.2. The van der Waals surface area contributed by atoms with E-state index in [0.29, 0.717) is 6.42 Å². The lowest BCUT2D eigenvalue weighted by Crippen LogP contribution is -1.83. The van der Waals surface area contributed by atoms with Gasteiger partial charge in [-0.15, -0.1) is 0 Å². The van der Waals surface area contributed by atoms with E-state index < -0.39 is 0 Å². The molecule has 126 valence electrons. The van der Waals surface area contributed by atoms with E-state index in [2.05, 4.69) is 67.7 Å². The number of hydrogen-bond donors (Lipinski definition) is 0. The van der Waals surface area contributed by atoms with Gasteiger partial charge in [0.05, 0.1) is 0 Å². The van der Waals surface area contributed by atoms with Gasteiger partial charge < -0.3 is 0 Å². The van der Waals surface area contributed by atoms with Crippen LogP contribution in [0.25, 0.3) is 0 Å². The molecule has 1 heteroatoms. The number of Topliss-reactive ketones (excluding diaryl/α,β-unsaturated/α-hetero) is 1. The van der Waals surface area contributed by atoms with Gasteiger partial charge in [-0.25, -0.2) is 0 Å². The smallest absolute Gasteiger partial charge is 0.133 e. The van der Waals surface area contributed by atoms with Crippen molar-refractivity contribution in [2.45, 2.75) is 58.8 Å². The Morgan fingerprint density at radius 3 is 1.17 bits per heavy atom. The Bertz CT molecular complexity index is 445. The molecule has 0 aromatic carbocycles. The first-order valence-corrected chi connectivity index (χ1v) is 8.66. The van der Waals surface area contributed by atoms with Gasteiger partial charge in [-0.1, -0.05) is 79.8 Å². The average Bonchev–Trinajstić information content (AvgIpc) is 2.53. The van der Waals surface area contributed by atoms with Crippen LogP contribution in [0.4, 0.5) is 0 Å². The van der Waals surface area contributed by atoms with E-state index in [-0.39, 0.29) is 5.78 Å². The van der Waals surface area contributed by atoms with Crippen molar-refractivity contribution in [2.24, 2.45) is 0 Å². The highest BCUT2D eigenvalue weighted by Crippen LogP contribution is 1.96. The Morgan fingerprint density at radius 1 is 0.565 bits per heavy atom. The maximum atomic E-state index is 10.7. The largest absolute Gasteiger partial charge is 0.300 e. The Balaban J connectivity index is 3.52. The van der Waals surface area contributed by atoms with Crippen LogP contribution in [0.1, 0.15) is 58.8 Å². The van der Waals surface area contributed by atoms with E-state index in [1.807, 2.05) is 12.2 Å². The van der Waals surface area contributed by atoms with Crippen LogP contribution in [-0.2, 0) is 4.79 Å². The summed E-state index contributed by atoms with van der Waals surface area (Å²) in [5, 5.41) is 0. The number of carbonyl (C=O) groups excluding carboxylic acids is 1. The summed E-state index contributed by atoms with van der Waals surface area (Å²) in [7, 11) is 0. The zero-order valence-corrected chi connectivity index (χ0v) is 14.8. The van der Waals surface area contributed by atoms with Gasteiger partial charge in [-0.3, -0.25) is 4.79 Å². The van der Waals surface area contributed by atoms with Crippen molar-refractivity contribution < 1.29 is 4.79 Å². The minimum absolute atomic E-state index is 0.213. The molecule has 0 unspecified atom stereocenters. The molecule has 0 spiro atoms. The molecule has 0 bridgehead atoms. The third-order valence-electron chi connectivity index (χ3n) is 3.00. The molecule has 0 aliphatic rings. The third-order valence-corrected chi connectivity index (χ3v) is 3.00. The topological polar surface area (TPSA) is 17.1 Å². The predicted octanol–water partition coefficient (Wildman–Crippen LogP) is 6.66. The van der Waals surface area contributed by atoms with Crippen LogP contribution in [-0.4, -0.2) is 5.78 Å². The van der Waals surface area contributed by atoms with Crippen molar-refractivity contribution in [3.8, 4) is 0 Å². The zero-order chi connectivity index (χ0) is 17.0. The van der Waals surface area contributed by atoms with Crippen molar-refractivity contribution in [2.75, 3.05) is 0 Å². The quantitative estimate of drug-likeness (QED) is 0.347. The van der Waals surface area contributed by atoms with E-state index >= 15 is 0 Å². The van der Waals surface area contributed by atoms with E-state index in [0.717, 1.165) is 38.5 Å². The molecule has 0 N–H and O–H groups in total. The molecule has 0 saturated carbocycles. The highest BCUT2D eigenvalue weighted by molar-refractivity contribution is 5.76. The second-order valence-corrected chi connectivity index (χ2v) is 5.32. The lowest BCUT2D eigenvalue weighted by molar-refractivity contribution is -0.116. The van der Waals surface area contributed by atoms with Gasteiger partial charge in [0.25, 0.3) is 0 Å². The van der Waals surface area contributed by atoms with Gasteiger partial charge in [0.1, 0.15) is 5.78 Å². The van der Waals surface area contributed by atoms with Gasteiger partial charge in [-0.05, 0) is 45.4 Å². The van der Waals surface area contributed by atoms with Crippen LogP contribution >= 0.6 is 0 Å². The molecule has 0 atom stereocenters.